The van der Waals surface area contributed by atoms with Crippen LogP contribution in [-0.4, -0.2) is 17.1 Å². The minimum atomic E-state index is -0.828. The molecule has 1 aromatic carbocycles. The highest BCUT2D eigenvalue weighted by Gasteiger charge is 2.18. The van der Waals surface area contributed by atoms with Gasteiger partial charge in [-0.1, -0.05) is 43.3 Å². The van der Waals surface area contributed by atoms with Gasteiger partial charge in [0.15, 0.2) is 0 Å². The van der Waals surface area contributed by atoms with Gasteiger partial charge >= 0.3 is 5.97 Å². The van der Waals surface area contributed by atoms with Crippen LogP contribution in [-0.2, 0) is 4.79 Å². The average Bonchev–Trinajstić information content (AvgIpc) is 2.31. The maximum atomic E-state index is 10.9. The Morgan fingerprint density at radius 2 is 2.12 bits per heavy atom. The van der Waals surface area contributed by atoms with Gasteiger partial charge in [-0.2, -0.15) is 0 Å². The molecule has 16 heavy (non-hydrogen) atoms. The topological polar surface area (TPSA) is 49.3 Å². The Labute approximate surface area is 95.8 Å². The summed E-state index contributed by atoms with van der Waals surface area (Å²) in [5.41, 5.74) is 1.03. The van der Waals surface area contributed by atoms with Gasteiger partial charge in [-0.25, -0.2) is 0 Å². The van der Waals surface area contributed by atoms with E-state index in [1.165, 1.54) is 0 Å². The van der Waals surface area contributed by atoms with Crippen molar-refractivity contribution in [1.82, 2.24) is 5.32 Å². The van der Waals surface area contributed by atoms with E-state index >= 15 is 0 Å². The van der Waals surface area contributed by atoms with Crippen LogP contribution in [0.15, 0.2) is 43.0 Å². The lowest BCUT2D eigenvalue weighted by Crippen LogP contribution is -2.37. The summed E-state index contributed by atoms with van der Waals surface area (Å²) in [6, 6.07) is 9.02. The first-order chi connectivity index (χ1) is 7.69. The molecule has 2 atom stereocenters. The highest BCUT2D eigenvalue weighted by molar-refractivity contribution is 5.73. The van der Waals surface area contributed by atoms with Crippen LogP contribution in [0.2, 0.25) is 0 Å². The molecular weight excluding hydrogens is 202 g/mol. The van der Waals surface area contributed by atoms with Crippen LogP contribution in [0.3, 0.4) is 0 Å². The van der Waals surface area contributed by atoms with Gasteiger partial charge in [0.25, 0.3) is 0 Å². The quantitative estimate of drug-likeness (QED) is 0.722. The molecule has 0 aromatic heterocycles. The van der Waals surface area contributed by atoms with E-state index in [9.17, 15) is 4.79 Å². The summed E-state index contributed by atoms with van der Waals surface area (Å²) >= 11 is 0. The fourth-order valence-corrected chi connectivity index (χ4v) is 1.54. The summed E-state index contributed by atoms with van der Waals surface area (Å²) in [6.45, 7) is 5.57. The van der Waals surface area contributed by atoms with E-state index in [0.717, 1.165) is 5.56 Å². The number of rotatable bonds is 6. The molecule has 0 amide bonds. The molecule has 0 spiro atoms. The summed E-state index contributed by atoms with van der Waals surface area (Å²) in [5.74, 6) is -0.828. The summed E-state index contributed by atoms with van der Waals surface area (Å²) < 4.78 is 0. The van der Waals surface area contributed by atoms with Crippen LogP contribution >= 0.6 is 0 Å². The molecule has 0 saturated carbocycles. The summed E-state index contributed by atoms with van der Waals surface area (Å²) in [4.78, 5) is 10.9. The molecule has 3 heteroatoms. The largest absolute Gasteiger partial charge is 0.480 e. The summed E-state index contributed by atoms with van der Waals surface area (Å²) in [5, 5.41) is 12.0. The van der Waals surface area contributed by atoms with Gasteiger partial charge in [0.1, 0.15) is 6.04 Å². The third-order valence-electron chi connectivity index (χ3n) is 2.48. The number of carbonyl (C=O) groups is 1. The smallest absolute Gasteiger partial charge is 0.320 e. The minimum Gasteiger partial charge on any atom is -0.480 e. The second kappa shape index (κ2) is 6.08. The molecule has 0 heterocycles. The van der Waals surface area contributed by atoms with E-state index in [1.807, 2.05) is 37.3 Å². The zero-order valence-electron chi connectivity index (χ0n) is 9.39. The Bertz CT molecular complexity index is 348. The molecular formula is C13H17NO2. The summed E-state index contributed by atoms with van der Waals surface area (Å²) in [6.07, 6.45) is 2.27. The Balaban J connectivity index is 2.76. The van der Waals surface area contributed by atoms with Crippen molar-refractivity contribution in [2.45, 2.75) is 25.4 Å². The van der Waals surface area contributed by atoms with Gasteiger partial charge in [-0.05, 0) is 12.0 Å². The number of carboxylic acids is 1. The third-order valence-corrected chi connectivity index (χ3v) is 2.48. The number of benzene rings is 1. The fraction of sp³-hybridized carbons (Fsp3) is 0.308. The molecule has 2 N–H and O–H groups in total. The molecule has 0 fully saturated rings. The molecule has 86 valence electrons. The van der Waals surface area contributed by atoms with E-state index in [0.29, 0.717) is 6.42 Å². The lowest BCUT2D eigenvalue weighted by molar-refractivity contribution is -0.139. The van der Waals surface area contributed by atoms with Crippen molar-refractivity contribution in [1.29, 1.82) is 0 Å². The molecule has 0 aliphatic heterocycles. The second-order valence-electron chi connectivity index (χ2n) is 3.59. The lowest BCUT2D eigenvalue weighted by atomic mass is 10.1. The van der Waals surface area contributed by atoms with Gasteiger partial charge in [-0.15, -0.1) is 6.58 Å². The van der Waals surface area contributed by atoms with Crippen LogP contribution in [0.25, 0.3) is 0 Å². The molecule has 2 unspecified atom stereocenters. The zero-order chi connectivity index (χ0) is 12.0. The highest BCUT2D eigenvalue weighted by atomic mass is 16.4. The highest BCUT2D eigenvalue weighted by Crippen LogP contribution is 2.14. The molecule has 3 nitrogen and oxygen atoms in total. The maximum Gasteiger partial charge on any atom is 0.320 e. The Morgan fingerprint density at radius 3 is 2.56 bits per heavy atom. The first kappa shape index (κ1) is 12.5. The number of carboxylic acid groups (broad SMARTS) is 1. The number of nitrogens with one attached hydrogen (secondary N) is 1. The Hall–Kier alpha value is -1.61. The Morgan fingerprint density at radius 1 is 1.50 bits per heavy atom. The number of hydrogen-bond donors (Lipinski definition) is 2. The zero-order valence-corrected chi connectivity index (χ0v) is 9.39. The summed E-state index contributed by atoms with van der Waals surface area (Å²) in [7, 11) is 0. The maximum absolute atomic E-state index is 10.9. The SMILES string of the molecule is C=CC(NC(CC)C(=O)O)c1ccccc1. The van der Waals surface area contributed by atoms with Gasteiger partial charge in [-0.3, -0.25) is 10.1 Å². The molecule has 0 radical (unpaired) electrons. The fourth-order valence-electron chi connectivity index (χ4n) is 1.54. The normalized spacial score (nSPS) is 14.1. The monoisotopic (exact) mass is 219 g/mol. The van der Waals surface area contributed by atoms with E-state index in [1.54, 1.807) is 6.08 Å². The van der Waals surface area contributed by atoms with Crippen molar-refractivity contribution >= 4 is 5.97 Å². The predicted molar refractivity (Wildman–Crippen MR) is 64.2 cm³/mol. The van der Waals surface area contributed by atoms with Crippen molar-refractivity contribution in [3.63, 3.8) is 0 Å². The van der Waals surface area contributed by atoms with Crippen LogP contribution in [0.4, 0.5) is 0 Å². The van der Waals surface area contributed by atoms with E-state index in [2.05, 4.69) is 11.9 Å². The van der Waals surface area contributed by atoms with Crippen LogP contribution < -0.4 is 5.32 Å². The molecule has 1 rings (SSSR count). The molecule has 1 aromatic rings. The van der Waals surface area contributed by atoms with Crippen molar-refractivity contribution in [3.05, 3.63) is 48.6 Å². The van der Waals surface area contributed by atoms with Crippen LogP contribution in [0.1, 0.15) is 24.9 Å². The average molecular weight is 219 g/mol. The van der Waals surface area contributed by atoms with Crippen molar-refractivity contribution in [2.24, 2.45) is 0 Å². The van der Waals surface area contributed by atoms with E-state index in [-0.39, 0.29) is 6.04 Å². The van der Waals surface area contributed by atoms with Crippen molar-refractivity contribution in [3.8, 4) is 0 Å². The number of hydrogen-bond acceptors (Lipinski definition) is 2. The van der Waals surface area contributed by atoms with Gasteiger partial charge in [0, 0.05) is 0 Å². The molecule has 0 aliphatic rings. The predicted octanol–water partition coefficient (Wildman–Crippen LogP) is 2.37. The molecule has 0 saturated heterocycles. The van der Waals surface area contributed by atoms with E-state index in [4.69, 9.17) is 5.11 Å². The lowest BCUT2D eigenvalue weighted by Gasteiger charge is -2.19. The van der Waals surface area contributed by atoms with Gasteiger partial charge < -0.3 is 5.11 Å². The van der Waals surface area contributed by atoms with E-state index < -0.39 is 12.0 Å². The molecule has 0 bridgehead atoms. The van der Waals surface area contributed by atoms with Crippen molar-refractivity contribution < 1.29 is 9.90 Å². The second-order valence-corrected chi connectivity index (χ2v) is 3.59. The molecule has 0 aliphatic carbocycles. The first-order valence-corrected chi connectivity index (χ1v) is 5.35. The van der Waals surface area contributed by atoms with Crippen molar-refractivity contribution in [2.75, 3.05) is 0 Å². The first-order valence-electron chi connectivity index (χ1n) is 5.35. The van der Waals surface area contributed by atoms with Gasteiger partial charge in [0.2, 0.25) is 0 Å². The number of aliphatic carboxylic acids is 1. The van der Waals surface area contributed by atoms with Gasteiger partial charge in [0.05, 0.1) is 6.04 Å². The minimum absolute atomic E-state index is 0.123. The third kappa shape index (κ3) is 3.21. The van der Waals surface area contributed by atoms with Crippen LogP contribution in [0, 0.1) is 0 Å². The standard InChI is InChI=1S/C13H17NO2/c1-3-11(10-8-6-5-7-9-10)14-12(4-2)13(15)16/h3,5-9,11-12,14H,1,4H2,2H3,(H,15,16). The Kier molecular flexibility index (Phi) is 4.73. The van der Waals surface area contributed by atoms with Crippen LogP contribution in [0.5, 0.6) is 0 Å².